The van der Waals surface area contributed by atoms with Crippen molar-refractivity contribution in [2.75, 3.05) is 39.3 Å². The largest absolute Gasteiger partial charge is 0.341 e. The Bertz CT molecular complexity index is 534. The zero-order valence-corrected chi connectivity index (χ0v) is 12.9. The van der Waals surface area contributed by atoms with Crippen molar-refractivity contribution in [3.8, 4) is 0 Å². The number of nitrogens with zero attached hydrogens (tertiary/aromatic N) is 4. The van der Waals surface area contributed by atoms with Gasteiger partial charge in [0.25, 0.3) is 0 Å². The molecule has 0 atom stereocenters. The van der Waals surface area contributed by atoms with E-state index in [9.17, 15) is 9.59 Å². The summed E-state index contributed by atoms with van der Waals surface area (Å²) in [7, 11) is 0. The van der Waals surface area contributed by atoms with Gasteiger partial charge in [0.05, 0.1) is 11.6 Å². The molecule has 3 heterocycles. The summed E-state index contributed by atoms with van der Waals surface area (Å²) >= 11 is 0. The minimum Gasteiger partial charge on any atom is -0.341 e. The molecule has 1 aromatic rings. The Kier molecular flexibility index (Phi) is 4.38. The highest BCUT2D eigenvalue weighted by Crippen LogP contribution is 2.19. The lowest BCUT2D eigenvalue weighted by Gasteiger charge is -2.42. The molecule has 6 nitrogen and oxygen atoms in total. The van der Waals surface area contributed by atoms with Gasteiger partial charge < -0.3 is 9.80 Å². The standard InChI is InChI=1S/C16H22N4O2/c1-13(21)20-10-14(11-20)16(22)19-8-6-18(7-9-19)12-15-4-2-3-5-17-15/h2-5,14H,6-12H2,1H3. The third-order valence-electron chi connectivity index (χ3n) is 4.47. The van der Waals surface area contributed by atoms with E-state index in [1.165, 1.54) is 0 Å². The van der Waals surface area contributed by atoms with Crippen LogP contribution in [0.25, 0.3) is 0 Å². The molecule has 0 aliphatic carbocycles. The van der Waals surface area contributed by atoms with Crippen LogP contribution in [0.5, 0.6) is 0 Å². The lowest BCUT2D eigenvalue weighted by molar-refractivity contribution is -0.148. The molecule has 0 spiro atoms. The van der Waals surface area contributed by atoms with E-state index in [4.69, 9.17) is 0 Å². The smallest absolute Gasteiger partial charge is 0.229 e. The maximum Gasteiger partial charge on any atom is 0.229 e. The molecule has 0 N–H and O–H groups in total. The van der Waals surface area contributed by atoms with E-state index >= 15 is 0 Å². The second-order valence-electron chi connectivity index (χ2n) is 6.04. The van der Waals surface area contributed by atoms with Crippen LogP contribution in [-0.2, 0) is 16.1 Å². The summed E-state index contributed by atoms with van der Waals surface area (Å²) < 4.78 is 0. The van der Waals surface area contributed by atoms with Crippen molar-refractivity contribution < 1.29 is 9.59 Å². The second kappa shape index (κ2) is 6.44. The third-order valence-corrected chi connectivity index (χ3v) is 4.47. The van der Waals surface area contributed by atoms with Gasteiger partial charge >= 0.3 is 0 Å². The van der Waals surface area contributed by atoms with Crippen molar-refractivity contribution in [1.29, 1.82) is 0 Å². The van der Waals surface area contributed by atoms with E-state index in [1.54, 1.807) is 11.8 Å². The molecule has 2 fully saturated rings. The minimum absolute atomic E-state index is 0.00578. The Labute approximate surface area is 130 Å². The fraction of sp³-hybridized carbons (Fsp3) is 0.562. The van der Waals surface area contributed by atoms with Crippen molar-refractivity contribution >= 4 is 11.8 Å². The van der Waals surface area contributed by atoms with Crippen LogP contribution in [-0.4, -0.2) is 70.8 Å². The SMILES string of the molecule is CC(=O)N1CC(C(=O)N2CCN(Cc3ccccn3)CC2)C1. The molecular weight excluding hydrogens is 280 g/mol. The van der Waals surface area contributed by atoms with Gasteiger partial charge in [-0.2, -0.15) is 0 Å². The van der Waals surface area contributed by atoms with Gasteiger partial charge in [0.1, 0.15) is 0 Å². The first-order chi connectivity index (χ1) is 10.6. The van der Waals surface area contributed by atoms with E-state index in [0.717, 1.165) is 38.4 Å². The maximum absolute atomic E-state index is 12.4. The molecular formula is C16H22N4O2. The lowest BCUT2D eigenvalue weighted by atomic mass is 9.98. The molecule has 118 valence electrons. The van der Waals surface area contributed by atoms with E-state index in [0.29, 0.717) is 13.1 Å². The fourth-order valence-electron chi connectivity index (χ4n) is 3.00. The van der Waals surface area contributed by atoms with Crippen LogP contribution in [0.4, 0.5) is 0 Å². The lowest BCUT2D eigenvalue weighted by Crippen LogP contribution is -2.58. The van der Waals surface area contributed by atoms with Gasteiger partial charge in [-0.25, -0.2) is 0 Å². The molecule has 2 aliphatic heterocycles. The van der Waals surface area contributed by atoms with Crippen molar-refractivity contribution in [3.63, 3.8) is 0 Å². The third kappa shape index (κ3) is 3.27. The number of carbonyl (C=O) groups excluding carboxylic acids is 2. The highest BCUT2D eigenvalue weighted by atomic mass is 16.2. The molecule has 0 bridgehead atoms. The molecule has 22 heavy (non-hydrogen) atoms. The Hall–Kier alpha value is -1.95. The van der Waals surface area contributed by atoms with Gasteiger partial charge in [-0.3, -0.25) is 19.5 Å². The first kappa shape index (κ1) is 15.0. The van der Waals surface area contributed by atoms with Crippen LogP contribution in [0.2, 0.25) is 0 Å². The quantitative estimate of drug-likeness (QED) is 0.801. The maximum atomic E-state index is 12.4. The van der Waals surface area contributed by atoms with Crippen LogP contribution >= 0.6 is 0 Å². The molecule has 3 rings (SSSR count). The molecule has 0 radical (unpaired) electrons. The number of carbonyl (C=O) groups is 2. The van der Waals surface area contributed by atoms with Gasteiger partial charge in [-0.05, 0) is 12.1 Å². The van der Waals surface area contributed by atoms with Crippen LogP contribution < -0.4 is 0 Å². The van der Waals surface area contributed by atoms with Crippen LogP contribution in [0, 0.1) is 5.92 Å². The summed E-state index contributed by atoms with van der Waals surface area (Å²) in [6.07, 6.45) is 1.81. The Morgan fingerprint density at radius 2 is 1.86 bits per heavy atom. The van der Waals surface area contributed by atoms with Crippen molar-refractivity contribution in [3.05, 3.63) is 30.1 Å². The van der Waals surface area contributed by atoms with Gasteiger partial charge in [0.2, 0.25) is 11.8 Å². The van der Waals surface area contributed by atoms with E-state index in [2.05, 4.69) is 9.88 Å². The first-order valence-electron chi connectivity index (χ1n) is 7.80. The van der Waals surface area contributed by atoms with E-state index < -0.39 is 0 Å². The predicted molar refractivity (Wildman–Crippen MR) is 81.8 cm³/mol. The number of piperazine rings is 1. The normalized spacial score (nSPS) is 19.9. The molecule has 0 aromatic carbocycles. The van der Waals surface area contributed by atoms with E-state index in [-0.39, 0.29) is 17.7 Å². The molecule has 0 unspecified atom stereocenters. The van der Waals surface area contributed by atoms with Crippen LogP contribution in [0.3, 0.4) is 0 Å². The predicted octanol–water partition coefficient (Wildman–Crippen LogP) is 0.204. The minimum atomic E-state index is 0.00578. The zero-order valence-electron chi connectivity index (χ0n) is 12.9. The van der Waals surface area contributed by atoms with Gasteiger partial charge in [-0.1, -0.05) is 6.07 Å². The highest BCUT2D eigenvalue weighted by Gasteiger charge is 2.37. The summed E-state index contributed by atoms with van der Waals surface area (Å²) in [5.41, 5.74) is 1.07. The summed E-state index contributed by atoms with van der Waals surface area (Å²) in [6, 6.07) is 5.95. The Balaban J connectivity index is 1.44. The zero-order chi connectivity index (χ0) is 15.5. The van der Waals surface area contributed by atoms with Gasteiger partial charge in [0, 0.05) is 58.9 Å². The number of pyridine rings is 1. The molecule has 2 amide bonds. The monoisotopic (exact) mass is 302 g/mol. The average Bonchev–Trinajstić information content (AvgIpc) is 2.47. The molecule has 2 saturated heterocycles. The van der Waals surface area contributed by atoms with Gasteiger partial charge in [0.15, 0.2) is 0 Å². The number of hydrogen-bond donors (Lipinski definition) is 0. The van der Waals surface area contributed by atoms with Crippen LogP contribution in [0.1, 0.15) is 12.6 Å². The Morgan fingerprint density at radius 3 is 2.45 bits per heavy atom. The van der Waals surface area contributed by atoms with E-state index in [1.807, 2.05) is 29.3 Å². The summed E-state index contributed by atoms with van der Waals surface area (Å²) in [4.78, 5) is 33.9. The second-order valence-corrected chi connectivity index (χ2v) is 6.04. The number of likely N-dealkylation sites (tertiary alicyclic amines) is 1. The number of hydrogen-bond acceptors (Lipinski definition) is 4. The highest BCUT2D eigenvalue weighted by molar-refractivity contribution is 5.83. The molecule has 1 aromatic heterocycles. The van der Waals surface area contributed by atoms with Crippen LogP contribution in [0.15, 0.2) is 24.4 Å². The first-order valence-corrected chi connectivity index (χ1v) is 7.80. The number of amides is 2. The van der Waals surface area contributed by atoms with Gasteiger partial charge in [-0.15, -0.1) is 0 Å². The molecule has 6 heteroatoms. The topological polar surface area (TPSA) is 56.8 Å². The Morgan fingerprint density at radius 1 is 1.14 bits per heavy atom. The summed E-state index contributed by atoms with van der Waals surface area (Å²) in [6.45, 7) is 6.85. The fourth-order valence-corrected chi connectivity index (χ4v) is 3.00. The number of rotatable bonds is 3. The number of aromatic nitrogens is 1. The molecule has 2 aliphatic rings. The van der Waals surface area contributed by atoms with Crippen molar-refractivity contribution in [2.45, 2.75) is 13.5 Å². The summed E-state index contributed by atoms with van der Waals surface area (Å²) in [5.74, 6) is 0.269. The summed E-state index contributed by atoms with van der Waals surface area (Å²) in [5, 5.41) is 0. The van der Waals surface area contributed by atoms with Crippen molar-refractivity contribution in [2.24, 2.45) is 5.92 Å². The molecule has 0 saturated carbocycles. The average molecular weight is 302 g/mol. The van der Waals surface area contributed by atoms with Crippen molar-refractivity contribution in [1.82, 2.24) is 19.7 Å².